The summed E-state index contributed by atoms with van der Waals surface area (Å²) >= 11 is 2.26. The Morgan fingerprint density at radius 3 is 2.10 bits per heavy atom. The second-order valence-corrected chi connectivity index (χ2v) is 5.35. The van der Waals surface area contributed by atoms with Crippen molar-refractivity contribution in [2.45, 2.75) is 13.2 Å². The lowest BCUT2D eigenvalue weighted by molar-refractivity contribution is -0.00732. The van der Waals surface area contributed by atoms with Crippen molar-refractivity contribution in [2.75, 3.05) is 39.6 Å². The predicted molar refractivity (Wildman–Crippen MR) is 85.9 cm³/mol. The molecule has 0 radical (unpaired) electrons. The van der Waals surface area contributed by atoms with Gasteiger partial charge in [0.05, 0.1) is 33.0 Å². The van der Waals surface area contributed by atoms with Gasteiger partial charge >= 0.3 is 0 Å². The summed E-state index contributed by atoms with van der Waals surface area (Å²) in [6.45, 7) is 5.01. The van der Waals surface area contributed by atoms with Gasteiger partial charge in [-0.3, -0.25) is 0 Å². The summed E-state index contributed by atoms with van der Waals surface area (Å²) < 4.78 is 22.6. The molecule has 0 saturated carbocycles. The van der Waals surface area contributed by atoms with Crippen molar-refractivity contribution >= 4 is 22.6 Å². The fraction of sp³-hybridized carbons (Fsp3) is 0.571. The third kappa shape index (κ3) is 9.49. The van der Waals surface area contributed by atoms with Gasteiger partial charge in [0.25, 0.3) is 0 Å². The summed E-state index contributed by atoms with van der Waals surface area (Å²) in [5, 5.41) is 0. The maximum atomic E-state index is 5.53. The highest BCUT2D eigenvalue weighted by atomic mass is 127. The molecule has 0 aliphatic rings. The van der Waals surface area contributed by atoms with Gasteiger partial charge in [-0.25, -0.2) is 0 Å². The standard InChI is InChI=1S/C14H22INO4/c1-12(16)19-10-8-17-6-7-18-9-11-20-14-4-2-13(15)3-5-14/h2-5,12H,6-11,16H2,1H3/t12-/m1/s1. The van der Waals surface area contributed by atoms with E-state index in [9.17, 15) is 0 Å². The molecular formula is C14H22INO4. The molecule has 114 valence electrons. The lowest BCUT2D eigenvalue weighted by atomic mass is 10.3. The first-order chi connectivity index (χ1) is 9.68. The predicted octanol–water partition coefficient (Wildman–Crippen LogP) is 2.02. The molecule has 0 aliphatic heterocycles. The zero-order valence-electron chi connectivity index (χ0n) is 11.7. The van der Waals surface area contributed by atoms with E-state index in [4.69, 9.17) is 24.7 Å². The number of halogens is 1. The molecule has 0 heterocycles. The molecule has 0 aliphatic carbocycles. The molecule has 2 N–H and O–H groups in total. The Hall–Kier alpha value is -0.410. The third-order valence-electron chi connectivity index (χ3n) is 2.29. The van der Waals surface area contributed by atoms with Crippen molar-refractivity contribution in [3.8, 4) is 5.75 Å². The van der Waals surface area contributed by atoms with E-state index in [0.717, 1.165) is 5.75 Å². The van der Waals surface area contributed by atoms with Gasteiger partial charge in [0.1, 0.15) is 18.6 Å². The van der Waals surface area contributed by atoms with E-state index < -0.39 is 0 Å². The molecule has 6 heteroatoms. The van der Waals surface area contributed by atoms with Crippen LogP contribution in [0.2, 0.25) is 0 Å². The largest absolute Gasteiger partial charge is 0.491 e. The van der Waals surface area contributed by atoms with Crippen molar-refractivity contribution in [3.05, 3.63) is 27.8 Å². The lowest BCUT2D eigenvalue weighted by Crippen LogP contribution is -2.22. The number of nitrogens with two attached hydrogens (primary N) is 1. The molecule has 5 nitrogen and oxygen atoms in total. The maximum Gasteiger partial charge on any atom is 0.119 e. The monoisotopic (exact) mass is 395 g/mol. The van der Waals surface area contributed by atoms with Crippen molar-refractivity contribution in [1.82, 2.24) is 0 Å². The zero-order valence-corrected chi connectivity index (χ0v) is 13.9. The smallest absolute Gasteiger partial charge is 0.119 e. The van der Waals surface area contributed by atoms with Gasteiger partial charge in [0, 0.05) is 3.57 Å². The Balaban J connectivity index is 1.86. The fourth-order valence-corrected chi connectivity index (χ4v) is 1.72. The van der Waals surface area contributed by atoms with E-state index >= 15 is 0 Å². The first-order valence-electron chi connectivity index (χ1n) is 6.59. The lowest BCUT2D eigenvalue weighted by Gasteiger charge is -2.09. The SMILES string of the molecule is C[C@H](N)OCCOCCOCCOc1ccc(I)cc1. The Bertz CT molecular complexity index is 346. The van der Waals surface area contributed by atoms with Crippen LogP contribution in [-0.4, -0.2) is 45.9 Å². The van der Waals surface area contributed by atoms with Gasteiger partial charge in [0.2, 0.25) is 0 Å². The molecule has 1 aromatic rings. The van der Waals surface area contributed by atoms with Crippen molar-refractivity contribution in [1.29, 1.82) is 0 Å². The van der Waals surface area contributed by atoms with Crippen LogP contribution in [0.25, 0.3) is 0 Å². The molecular weight excluding hydrogens is 373 g/mol. The first kappa shape index (κ1) is 17.6. The number of rotatable bonds is 11. The van der Waals surface area contributed by atoms with Crippen molar-refractivity contribution in [2.24, 2.45) is 5.73 Å². The summed E-state index contributed by atoms with van der Waals surface area (Å²) in [5.41, 5.74) is 5.43. The molecule has 0 saturated heterocycles. The number of benzene rings is 1. The van der Waals surface area contributed by atoms with E-state index in [1.807, 2.05) is 24.3 Å². The topological polar surface area (TPSA) is 62.9 Å². The minimum absolute atomic E-state index is 0.242. The highest BCUT2D eigenvalue weighted by Crippen LogP contribution is 2.13. The van der Waals surface area contributed by atoms with Gasteiger partial charge in [-0.2, -0.15) is 0 Å². The molecule has 20 heavy (non-hydrogen) atoms. The summed E-state index contributed by atoms with van der Waals surface area (Å²) in [6.07, 6.45) is -0.242. The van der Waals surface area contributed by atoms with Gasteiger partial charge in [-0.15, -0.1) is 0 Å². The minimum Gasteiger partial charge on any atom is -0.491 e. The summed E-state index contributed by atoms with van der Waals surface area (Å²) in [4.78, 5) is 0. The molecule has 0 unspecified atom stereocenters. The van der Waals surface area contributed by atoms with E-state index in [2.05, 4.69) is 22.6 Å². The highest BCUT2D eigenvalue weighted by molar-refractivity contribution is 14.1. The van der Waals surface area contributed by atoms with Crippen LogP contribution >= 0.6 is 22.6 Å². The molecule has 0 bridgehead atoms. The number of ether oxygens (including phenoxy) is 4. The van der Waals surface area contributed by atoms with Crippen LogP contribution in [0.4, 0.5) is 0 Å². The second-order valence-electron chi connectivity index (χ2n) is 4.10. The second kappa shape index (κ2) is 11.3. The molecule has 0 fully saturated rings. The fourth-order valence-electron chi connectivity index (χ4n) is 1.36. The Morgan fingerprint density at radius 2 is 1.50 bits per heavy atom. The van der Waals surface area contributed by atoms with Gasteiger partial charge in [0.15, 0.2) is 0 Å². The van der Waals surface area contributed by atoms with E-state index in [0.29, 0.717) is 39.6 Å². The normalized spacial score (nSPS) is 12.3. The van der Waals surface area contributed by atoms with Crippen LogP contribution in [-0.2, 0) is 14.2 Å². The number of hydrogen-bond donors (Lipinski definition) is 1. The van der Waals surface area contributed by atoms with E-state index in [1.54, 1.807) is 6.92 Å². The Labute approximate surface area is 133 Å². The number of hydrogen-bond acceptors (Lipinski definition) is 5. The third-order valence-corrected chi connectivity index (χ3v) is 3.01. The average molecular weight is 395 g/mol. The van der Waals surface area contributed by atoms with Gasteiger partial charge < -0.3 is 24.7 Å². The quantitative estimate of drug-likeness (QED) is 0.353. The molecule has 0 amide bonds. The molecule has 1 atom stereocenters. The minimum atomic E-state index is -0.242. The molecule has 0 spiro atoms. The Kier molecular flexibility index (Phi) is 9.94. The van der Waals surface area contributed by atoms with Crippen LogP contribution in [0.5, 0.6) is 5.75 Å². The average Bonchev–Trinajstić information content (AvgIpc) is 2.42. The zero-order chi connectivity index (χ0) is 14.6. The Morgan fingerprint density at radius 1 is 0.950 bits per heavy atom. The van der Waals surface area contributed by atoms with Crippen LogP contribution in [0.15, 0.2) is 24.3 Å². The van der Waals surface area contributed by atoms with Gasteiger partial charge in [-0.05, 0) is 53.8 Å². The van der Waals surface area contributed by atoms with Crippen molar-refractivity contribution in [3.63, 3.8) is 0 Å². The van der Waals surface area contributed by atoms with Crippen LogP contribution in [0.3, 0.4) is 0 Å². The summed E-state index contributed by atoms with van der Waals surface area (Å²) in [7, 11) is 0. The van der Waals surface area contributed by atoms with Crippen LogP contribution in [0, 0.1) is 3.57 Å². The molecule has 1 rings (SSSR count). The van der Waals surface area contributed by atoms with Crippen LogP contribution < -0.4 is 10.5 Å². The molecule has 0 aromatic heterocycles. The summed E-state index contributed by atoms with van der Waals surface area (Å²) in [5.74, 6) is 0.860. The highest BCUT2D eigenvalue weighted by Gasteiger charge is 1.95. The maximum absolute atomic E-state index is 5.53. The van der Waals surface area contributed by atoms with Gasteiger partial charge in [-0.1, -0.05) is 0 Å². The van der Waals surface area contributed by atoms with E-state index in [1.165, 1.54) is 3.57 Å². The molecule has 1 aromatic carbocycles. The van der Waals surface area contributed by atoms with Crippen LogP contribution in [0.1, 0.15) is 6.92 Å². The van der Waals surface area contributed by atoms with E-state index in [-0.39, 0.29) is 6.23 Å². The first-order valence-corrected chi connectivity index (χ1v) is 7.67. The van der Waals surface area contributed by atoms with Crippen molar-refractivity contribution < 1.29 is 18.9 Å². The summed E-state index contributed by atoms with van der Waals surface area (Å²) in [6, 6.07) is 7.91.